The fourth-order valence-corrected chi connectivity index (χ4v) is 5.92. The Labute approximate surface area is 373 Å². The lowest BCUT2D eigenvalue weighted by Crippen LogP contribution is -2.30. The van der Waals surface area contributed by atoms with Gasteiger partial charge in [0.2, 0.25) is 0 Å². The molecule has 61 heavy (non-hydrogen) atoms. The molecule has 0 aromatic rings. The molecule has 0 heterocycles. The van der Waals surface area contributed by atoms with Crippen LogP contribution >= 0.6 is 0 Å². The van der Waals surface area contributed by atoms with Gasteiger partial charge >= 0.3 is 17.9 Å². The molecule has 6 nitrogen and oxygen atoms in total. The number of carbonyl (C=O) groups is 3. The second-order valence-electron chi connectivity index (χ2n) is 15.4. The van der Waals surface area contributed by atoms with Crippen molar-refractivity contribution in [3.8, 4) is 0 Å². The van der Waals surface area contributed by atoms with Gasteiger partial charge in [-0.15, -0.1) is 0 Å². The molecule has 0 aromatic heterocycles. The molecular weight excluding hydrogens is 757 g/mol. The first-order valence-electron chi connectivity index (χ1n) is 24.1. The minimum Gasteiger partial charge on any atom is -0.462 e. The summed E-state index contributed by atoms with van der Waals surface area (Å²) in [6, 6.07) is 0. The predicted octanol–water partition coefficient (Wildman–Crippen LogP) is 15.7. The molecule has 0 radical (unpaired) electrons. The molecule has 6 heteroatoms. The van der Waals surface area contributed by atoms with Crippen LogP contribution in [0, 0.1) is 0 Å². The van der Waals surface area contributed by atoms with E-state index < -0.39 is 6.10 Å². The lowest BCUT2D eigenvalue weighted by molar-refractivity contribution is -0.167. The Morgan fingerprint density at radius 3 is 1.28 bits per heavy atom. The van der Waals surface area contributed by atoms with Crippen molar-refractivity contribution in [2.45, 2.75) is 194 Å². The highest BCUT2D eigenvalue weighted by molar-refractivity contribution is 5.71. The number of ether oxygens (including phenoxy) is 3. The van der Waals surface area contributed by atoms with Crippen LogP contribution in [-0.2, 0) is 28.6 Å². The highest BCUT2D eigenvalue weighted by Crippen LogP contribution is 2.11. The van der Waals surface area contributed by atoms with Crippen LogP contribution in [0.15, 0.2) is 122 Å². The summed E-state index contributed by atoms with van der Waals surface area (Å²) in [5.41, 5.74) is 0. The fourth-order valence-electron chi connectivity index (χ4n) is 5.92. The molecule has 0 rings (SSSR count). The molecule has 0 aliphatic carbocycles. The van der Waals surface area contributed by atoms with Gasteiger partial charge in [-0.05, 0) is 89.9 Å². The molecule has 0 N–H and O–H groups in total. The van der Waals surface area contributed by atoms with E-state index in [1.54, 1.807) is 0 Å². The number of unbranched alkanes of at least 4 members (excludes halogenated alkanes) is 15. The van der Waals surface area contributed by atoms with Crippen LogP contribution in [0.4, 0.5) is 0 Å². The maximum atomic E-state index is 12.7. The molecule has 0 aliphatic rings. The van der Waals surface area contributed by atoms with Gasteiger partial charge in [-0.2, -0.15) is 0 Å². The second-order valence-corrected chi connectivity index (χ2v) is 15.4. The van der Waals surface area contributed by atoms with Crippen LogP contribution in [-0.4, -0.2) is 37.2 Å². The van der Waals surface area contributed by atoms with Gasteiger partial charge in [0.1, 0.15) is 13.2 Å². The second kappa shape index (κ2) is 48.5. The molecule has 0 aliphatic heterocycles. The van der Waals surface area contributed by atoms with Crippen LogP contribution in [0.3, 0.4) is 0 Å². The average molecular weight is 843 g/mol. The zero-order chi connectivity index (χ0) is 44.4. The Morgan fingerprint density at radius 1 is 0.361 bits per heavy atom. The van der Waals surface area contributed by atoms with E-state index in [9.17, 15) is 14.4 Å². The highest BCUT2D eigenvalue weighted by Gasteiger charge is 2.19. The fraction of sp³-hybridized carbons (Fsp3) is 0.582. The molecule has 1 unspecified atom stereocenters. The molecule has 342 valence electrons. The van der Waals surface area contributed by atoms with Gasteiger partial charge in [-0.3, -0.25) is 14.4 Å². The minimum absolute atomic E-state index is 0.129. The van der Waals surface area contributed by atoms with Gasteiger partial charge in [0.25, 0.3) is 0 Å². The average Bonchev–Trinajstić information content (AvgIpc) is 3.26. The van der Waals surface area contributed by atoms with E-state index in [4.69, 9.17) is 14.2 Å². The summed E-state index contributed by atoms with van der Waals surface area (Å²) < 4.78 is 16.6. The van der Waals surface area contributed by atoms with Crippen molar-refractivity contribution in [3.63, 3.8) is 0 Å². The van der Waals surface area contributed by atoms with Gasteiger partial charge in [0, 0.05) is 19.3 Å². The topological polar surface area (TPSA) is 78.9 Å². The zero-order valence-corrected chi connectivity index (χ0v) is 38.9. The molecule has 0 spiro atoms. The molecular formula is C55H86O6. The van der Waals surface area contributed by atoms with Crippen molar-refractivity contribution < 1.29 is 28.6 Å². The summed E-state index contributed by atoms with van der Waals surface area (Å²) in [6.45, 7) is 6.30. The third-order valence-corrected chi connectivity index (χ3v) is 9.58. The van der Waals surface area contributed by atoms with Gasteiger partial charge in [0.05, 0.1) is 0 Å². The summed E-state index contributed by atoms with van der Waals surface area (Å²) >= 11 is 0. The van der Waals surface area contributed by atoms with Crippen LogP contribution < -0.4 is 0 Å². The first kappa shape index (κ1) is 56.8. The van der Waals surface area contributed by atoms with E-state index in [2.05, 4.69) is 93.7 Å². The van der Waals surface area contributed by atoms with Crippen molar-refractivity contribution >= 4 is 17.9 Å². The summed E-state index contributed by atoms with van der Waals surface area (Å²) in [7, 11) is 0. The Hall–Kier alpha value is -4.19. The van der Waals surface area contributed by atoms with Gasteiger partial charge in [-0.1, -0.05) is 200 Å². The quantitative estimate of drug-likeness (QED) is 0.0201. The third-order valence-electron chi connectivity index (χ3n) is 9.58. The molecule has 0 fully saturated rings. The predicted molar refractivity (Wildman–Crippen MR) is 260 cm³/mol. The van der Waals surface area contributed by atoms with Crippen molar-refractivity contribution in [1.82, 2.24) is 0 Å². The summed E-state index contributed by atoms with van der Waals surface area (Å²) in [4.78, 5) is 37.8. The summed E-state index contributed by atoms with van der Waals surface area (Å²) in [5.74, 6) is -1.06. The van der Waals surface area contributed by atoms with Crippen LogP contribution in [0.2, 0.25) is 0 Å². The number of rotatable bonds is 41. The van der Waals surface area contributed by atoms with Crippen molar-refractivity contribution in [2.24, 2.45) is 0 Å². The minimum atomic E-state index is -0.833. The van der Waals surface area contributed by atoms with E-state index in [0.29, 0.717) is 19.3 Å². The maximum absolute atomic E-state index is 12.7. The van der Waals surface area contributed by atoms with E-state index in [1.807, 2.05) is 48.6 Å². The summed E-state index contributed by atoms with van der Waals surface area (Å²) in [6.07, 6.45) is 66.2. The van der Waals surface area contributed by atoms with Crippen LogP contribution in [0.25, 0.3) is 0 Å². The van der Waals surface area contributed by atoms with Crippen LogP contribution in [0.1, 0.15) is 188 Å². The van der Waals surface area contributed by atoms with Gasteiger partial charge in [0.15, 0.2) is 6.10 Å². The number of esters is 3. The largest absolute Gasteiger partial charge is 0.462 e. The standard InChI is InChI=1S/C55H86O6/c1-4-7-10-13-16-19-22-24-26-27-29-30-33-36-39-42-45-48-54(57)60-51-52(50-59-53(56)47-44-41-38-35-32-21-18-15-12-9-6-3)61-55(58)49-46-43-40-37-34-31-28-25-23-20-17-14-11-8-5-2/h8,11,14-15,17-18,20-21,23-26,28-32,34,36,39,52H,4-7,9-10,12-13,16,19,22,27,33,35,37-38,40-51H2,1-3H3/b11-8-,17-14-,18-15-,23-20-,26-24-,28-25-,30-29-,32-21-,34-31-,39-36-. The van der Waals surface area contributed by atoms with Crippen molar-refractivity contribution in [2.75, 3.05) is 13.2 Å². The Morgan fingerprint density at radius 2 is 0.738 bits per heavy atom. The van der Waals surface area contributed by atoms with Crippen LogP contribution in [0.5, 0.6) is 0 Å². The first-order valence-corrected chi connectivity index (χ1v) is 24.1. The Balaban J connectivity index is 4.59. The smallest absolute Gasteiger partial charge is 0.306 e. The first-order chi connectivity index (χ1) is 30.0. The Bertz CT molecular complexity index is 1340. The number of hydrogen-bond acceptors (Lipinski definition) is 6. The molecule has 0 saturated carbocycles. The number of carbonyl (C=O) groups excluding carboxylic acids is 3. The molecule has 0 amide bonds. The van der Waals surface area contributed by atoms with E-state index in [-0.39, 0.29) is 44.0 Å². The monoisotopic (exact) mass is 843 g/mol. The van der Waals surface area contributed by atoms with E-state index in [1.165, 1.54) is 57.8 Å². The maximum Gasteiger partial charge on any atom is 0.306 e. The molecule has 0 aromatic carbocycles. The normalized spacial score (nSPS) is 13.2. The summed E-state index contributed by atoms with van der Waals surface area (Å²) in [5, 5.41) is 0. The lowest BCUT2D eigenvalue weighted by Gasteiger charge is -2.18. The molecule has 0 saturated heterocycles. The molecule has 0 bridgehead atoms. The lowest BCUT2D eigenvalue weighted by atomic mass is 10.1. The number of allylic oxidation sites excluding steroid dienone is 20. The van der Waals surface area contributed by atoms with Crippen molar-refractivity contribution in [3.05, 3.63) is 122 Å². The zero-order valence-electron chi connectivity index (χ0n) is 38.9. The Kier molecular flexibility index (Phi) is 45.1. The third kappa shape index (κ3) is 46.7. The SMILES string of the molecule is CC\C=C/C=C\C=C/C=C\C=C/CCCCCC(=O)OC(COC(=O)CCC/C=C\C/C=C\C/C=C\CCCCCCCC)COC(=O)CCCCC/C=C\C=C/CCCC. The van der Waals surface area contributed by atoms with E-state index >= 15 is 0 Å². The molecule has 1 atom stereocenters. The highest BCUT2D eigenvalue weighted by atomic mass is 16.6. The van der Waals surface area contributed by atoms with Gasteiger partial charge < -0.3 is 14.2 Å². The van der Waals surface area contributed by atoms with Gasteiger partial charge in [-0.25, -0.2) is 0 Å². The van der Waals surface area contributed by atoms with Crippen molar-refractivity contribution in [1.29, 1.82) is 0 Å². The number of hydrogen-bond donors (Lipinski definition) is 0. The van der Waals surface area contributed by atoms with E-state index in [0.717, 1.165) is 77.0 Å².